The molecule has 0 aromatic carbocycles. The number of fused-ring (bicyclic) bond motifs is 1. The largest absolute Gasteiger partial charge is 1.00 e. The monoisotopic (exact) mass is 347 g/mol. The van der Waals surface area contributed by atoms with Crippen LogP contribution in [0, 0.1) is 6.42 Å². The Morgan fingerprint density at radius 1 is 1.30 bits per heavy atom. The van der Waals surface area contributed by atoms with E-state index in [2.05, 4.69) is 11.3 Å². The standard InChI is InChI=1S/C7H12N.ClH.Hg/c1-3-7-4-2-6-8(7)5-1;;/h3,7H,1-2,4-6H2;1H;/q;;+1/p-1/t7-;;/m1../s1. The topological polar surface area (TPSA) is 3.24 Å². The Morgan fingerprint density at radius 3 is 2.80 bits per heavy atom. The fourth-order valence-corrected chi connectivity index (χ4v) is 1.83. The van der Waals surface area contributed by atoms with Crippen molar-refractivity contribution in [1.82, 2.24) is 4.90 Å². The van der Waals surface area contributed by atoms with Crippen LogP contribution >= 0.6 is 0 Å². The van der Waals surface area contributed by atoms with E-state index in [-0.39, 0.29) is 40.1 Å². The van der Waals surface area contributed by atoms with E-state index in [0.29, 0.717) is 0 Å². The predicted molar refractivity (Wildman–Crippen MR) is 33.5 cm³/mol. The number of hydrogen-bond donors (Lipinski definition) is 0. The van der Waals surface area contributed by atoms with Crippen LogP contribution in [0.3, 0.4) is 0 Å². The van der Waals surface area contributed by atoms with Crippen molar-refractivity contribution >= 4 is 0 Å². The van der Waals surface area contributed by atoms with Gasteiger partial charge in [-0.25, -0.2) is 0 Å². The van der Waals surface area contributed by atoms with E-state index in [1.165, 1.54) is 32.4 Å². The molecule has 2 radical (unpaired) electrons. The van der Waals surface area contributed by atoms with Gasteiger partial charge in [0.2, 0.25) is 0 Å². The summed E-state index contributed by atoms with van der Waals surface area (Å²) in [5.41, 5.74) is 0. The molecule has 0 bridgehead atoms. The summed E-state index contributed by atoms with van der Waals surface area (Å²) in [6.07, 6.45) is 6.67. The Morgan fingerprint density at radius 2 is 2.10 bits per heavy atom. The molecule has 0 N–H and O–H groups in total. The second-order valence-corrected chi connectivity index (χ2v) is 2.77. The van der Waals surface area contributed by atoms with Crippen LogP contribution < -0.4 is 12.4 Å². The molecule has 0 aliphatic carbocycles. The molecule has 0 saturated carbocycles. The van der Waals surface area contributed by atoms with Gasteiger partial charge >= 0.3 is 27.7 Å². The van der Waals surface area contributed by atoms with E-state index >= 15 is 0 Å². The average Bonchev–Trinajstić information content (AvgIpc) is 2.15. The summed E-state index contributed by atoms with van der Waals surface area (Å²) in [6, 6.07) is 0.884. The van der Waals surface area contributed by atoms with Gasteiger partial charge in [0.05, 0.1) is 0 Å². The molecule has 1 nitrogen and oxygen atoms in total. The van der Waals surface area contributed by atoms with E-state index < -0.39 is 0 Å². The van der Waals surface area contributed by atoms with E-state index in [4.69, 9.17) is 0 Å². The number of rotatable bonds is 0. The molecule has 0 aromatic heterocycles. The Kier molecular flexibility index (Phi) is 5.53. The minimum atomic E-state index is 0. The van der Waals surface area contributed by atoms with Crippen LogP contribution in [-0.4, -0.2) is 24.0 Å². The smallest absolute Gasteiger partial charge is 1.00 e. The fraction of sp³-hybridized carbons (Fsp3) is 0.857. The number of nitrogens with zero attached hydrogens (tertiary/aromatic N) is 1. The molecule has 2 aliphatic rings. The molecule has 0 aromatic rings. The van der Waals surface area contributed by atoms with Gasteiger partial charge in [-0.3, -0.25) is 0 Å². The van der Waals surface area contributed by atoms with E-state index in [0.717, 1.165) is 6.04 Å². The van der Waals surface area contributed by atoms with E-state index in [1.807, 2.05) is 0 Å². The molecule has 0 unspecified atom stereocenters. The quantitative estimate of drug-likeness (QED) is 0.462. The van der Waals surface area contributed by atoms with Crippen LogP contribution in [0.2, 0.25) is 0 Å². The van der Waals surface area contributed by atoms with Crippen LogP contribution in [0.1, 0.15) is 19.3 Å². The zero-order valence-electron chi connectivity index (χ0n) is 6.22. The second kappa shape index (κ2) is 4.94. The molecule has 2 aliphatic heterocycles. The van der Waals surface area contributed by atoms with Gasteiger partial charge in [-0.05, 0) is 38.8 Å². The molecule has 10 heavy (non-hydrogen) atoms. The Balaban J connectivity index is 0.000000405. The summed E-state index contributed by atoms with van der Waals surface area (Å²) in [5.74, 6) is 0. The molecule has 2 fully saturated rings. The molecule has 2 rings (SSSR count). The first-order valence-corrected chi connectivity index (χ1v) is 3.54. The van der Waals surface area contributed by atoms with Crippen molar-refractivity contribution in [3.63, 3.8) is 0 Å². The van der Waals surface area contributed by atoms with Crippen molar-refractivity contribution in [3.05, 3.63) is 6.42 Å². The first-order chi connectivity index (χ1) is 3.97. The first kappa shape index (κ1) is 11.2. The maximum Gasteiger partial charge on any atom is 1.00 e. The summed E-state index contributed by atoms with van der Waals surface area (Å²) in [6.45, 7) is 2.70. The third kappa shape index (κ3) is 2.08. The summed E-state index contributed by atoms with van der Waals surface area (Å²) in [4.78, 5) is 2.58. The molecular weight excluding hydrogens is 334 g/mol. The van der Waals surface area contributed by atoms with Crippen LogP contribution in [0.15, 0.2) is 0 Å². The van der Waals surface area contributed by atoms with Crippen molar-refractivity contribution in [2.45, 2.75) is 25.3 Å². The van der Waals surface area contributed by atoms with Crippen molar-refractivity contribution in [2.75, 3.05) is 13.1 Å². The van der Waals surface area contributed by atoms with Crippen molar-refractivity contribution < 1.29 is 40.1 Å². The SMILES string of the molecule is [CH]1CCN2CCC[C@@H]12.[Cl-].[Hg+]. The van der Waals surface area contributed by atoms with Gasteiger partial charge in [-0.15, -0.1) is 0 Å². The molecule has 0 amide bonds. The van der Waals surface area contributed by atoms with Gasteiger partial charge < -0.3 is 17.3 Å². The van der Waals surface area contributed by atoms with Gasteiger partial charge in [0.25, 0.3) is 0 Å². The van der Waals surface area contributed by atoms with Gasteiger partial charge in [0, 0.05) is 6.04 Å². The Hall–Kier alpha value is 1.19. The number of halogens is 1. The van der Waals surface area contributed by atoms with Crippen molar-refractivity contribution in [1.29, 1.82) is 0 Å². The molecular formula is C7H12ClHgN. The zero-order valence-corrected chi connectivity index (χ0v) is 12.5. The van der Waals surface area contributed by atoms with E-state index in [1.54, 1.807) is 0 Å². The van der Waals surface area contributed by atoms with Gasteiger partial charge in [0.15, 0.2) is 0 Å². The maximum atomic E-state index is 2.58. The fourth-order valence-electron chi connectivity index (χ4n) is 1.83. The van der Waals surface area contributed by atoms with Gasteiger partial charge in [-0.2, -0.15) is 0 Å². The molecule has 1 atom stereocenters. The van der Waals surface area contributed by atoms with Crippen LogP contribution in [-0.2, 0) is 27.7 Å². The Bertz CT molecular complexity index is 79.6. The summed E-state index contributed by atoms with van der Waals surface area (Å²) >= 11 is 0. The Labute approximate surface area is 89.5 Å². The molecule has 2 heterocycles. The summed E-state index contributed by atoms with van der Waals surface area (Å²) < 4.78 is 0. The second-order valence-electron chi connectivity index (χ2n) is 2.77. The molecule has 3 heteroatoms. The maximum absolute atomic E-state index is 2.58. The van der Waals surface area contributed by atoms with Crippen molar-refractivity contribution in [2.24, 2.45) is 0 Å². The normalized spacial score (nSPS) is 25.2. The minimum Gasteiger partial charge on any atom is -1.00 e. The molecule has 2 saturated heterocycles. The third-order valence-corrected chi connectivity index (χ3v) is 2.27. The summed E-state index contributed by atoms with van der Waals surface area (Å²) in [7, 11) is 0. The van der Waals surface area contributed by atoms with Crippen LogP contribution in [0.4, 0.5) is 0 Å². The third-order valence-electron chi connectivity index (χ3n) is 2.27. The molecule has 54 valence electrons. The minimum absolute atomic E-state index is 0. The zero-order chi connectivity index (χ0) is 5.40. The van der Waals surface area contributed by atoms with Gasteiger partial charge in [-0.1, -0.05) is 0 Å². The predicted octanol–water partition coefficient (Wildman–Crippen LogP) is -1.94. The van der Waals surface area contributed by atoms with Crippen molar-refractivity contribution in [3.8, 4) is 0 Å². The van der Waals surface area contributed by atoms with Crippen LogP contribution in [0.5, 0.6) is 0 Å². The number of hydrogen-bond acceptors (Lipinski definition) is 1. The molecule has 0 spiro atoms. The first-order valence-electron chi connectivity index (χ1n) is 3.54. The van der Waals surface area contributed by atoms with E-state index in [9.17, 15) is 0 Å². The van der Waals surface area contributed by atoms with Crippen LogP contribution in [0.25, 0.3) is 0 Å². The average molecular weight is 346 g/mol. The van der Waals surface area contributed by atoms with Gasteiger partial charge in [0.1, 0.15) is 0 Å². The summed E-state index contributed by atoms with van der Waals surface area (Å²) in [5, 5.41) is 0.